The maximum absolute atomic E-state index is 12.0. The lowest BCUT2D eigenvalue weighted by Gasteiger charge is -2.15. The molecule has 0 saturated carbocycles. The van der Waals surface area contributed by atoms with Crippen molar-refractivity contribution >= 4 is 17.2 Å². The number of phenols is 1. The lowest BCUT2D eigenvalue weighted by Crippen LogP contribution is -2.27. The van der Waals surface area contributed by atoms with Gasteiger partial charge in [-0.05, 0) is 17.7 Å². The third-order valence-electron chi connectivity index (χ3n) is 2.57. The highest BCUT2D eigenvalue weighted by molar-refractivity contribution is 7.07. The molecule has 18 heavy (non-hydrogen) atoms. The van der Waals surface area contributed by atoms with Gasteiger partial charge in [-0.2, -0.15) is 0 Å². The van der Waals surface area contributed by atoms with Gasteiger partial charge in [-0.3, -0.25) is 4.79 Å². The van der Waals surface area contributed by atoms with Crippen molar-refractivity contribution in [3.63, 3.8) is 0 Å². The van der Waals surface area contributed by atoms with Gasteiger partial charge in [0.15, 0.2) is 0 Å². The second kappa shape index (κ2) is 5.64. The molecule has 1 heterocycles. The van der Waals surface area contributed by atoms with Gasteiger partial charge in [0.05, 0.1) is 24.2 Å². The molecule has 0 bridgehead atoms. The third kappa shape index (κ3) is 3.30. The lowest BCUT2D eigenvalue weighted by molar-refractivity contribution is -0.129. The summed E-state index contributed by atoms with van der Waals surface area (Å²) in [6, 6.07) is 6.76. The number of aromatic nitrogens is 1. The van der Waals surface area contributed by atoms with Gasteiger partial charge in [0.25, 0.3) is 0 Å². The van der Waals surface area contributed by atoms with Gasteiger partial charge in [0.1, 0.15) is 5.75 Å². The first-order valence-electron chi connectivity index (χ1n) is 5.54. The third-order valence-corrected chi connectivity index (χ3v) is 3.21. The average Bonchev–Trinajstić information content (AvgIpc) is 2.81. The summed E-state index contributed by atoms with van der Waals surface area (Å²) >= 11 is 1.52. The zero-order valence-electron chi connectivity index (χ0n) is 10.0. The maximum atomic E-state index is 12.0. The van der Waals surface area contributed by atoms with Crippen LogP contribution in [0.4, 0.5) is 0 Å². The van der Waals surface area contributed by atoms with E-state index in [9.17, 15) is 9.90 Å². The summed E-state index contributed by atoms with van der Waals surface area (Å²) in [7, 11) is 1.75. The molecule has 1 N–H and O–H groups in total. The van der Waals surface area contributed by atoms with E-state index in [0.29, 0.717) is 6.54 Å². The zero-order valence-corrected chi connectivity index (χ0v) is 10.9. The van der Waals surface area contributed by atoms with Crippen molar-refractivity contribution in [3.05, 3.63) is 46.4 Å². The standard InChI is InChI=1S/C13H14N2O2S/c1-15(7-11-8-18-9-14-11)13(17)6-10-3-2-4-12(16)5-10/h2-5,8-9,16H,6-7H2,1H3. The number of aromatic hydroxyl groups is 1. The van der Waals surface area contributed by atoms with E-state index in [1.165, 1.54) is 11.3 Å². The van der Waals surface area contributed by atoms with Crippen LogP contribution in [0.5, 0.6) is 5.75 Å². The fourth-order valence-corrected chi connectivity index (χ4v) is 2.17. The maximum Gasteiger partial charge on any atom is 0.227 e. The predicted molar refractivity (Wildman–Crippen MR) is 70.4 cm³/mol. The van der Waals surface area contributed by atoms with Crippen molar-refractivity contribution < 1.29 is 9.90 Å². The highest BCUT2D eigenvalue weighted by Crippen LogP contribution is 2.12. The highest BCUT2D eigenvalue weighted by atomic mass is 32.1. The largest absolute Gasteiger partial charge is 0.508 e. The molecule has 2 aromatic rings. The zero-order chi connectivity index (χ0) is 13.0. The van der Waals surface area contributed by atoms with Gasteiger partial charge >= 0.3 is 0 Å². The monoisotopic (exact) mass is 262 g/mol. The van der Waals surface area contributed by atoms with Crippen LogP contribution in [0.15, 0.2) is 35.2 Å². The van der Waals surface area contributed by atoms with Gasteiger partial charge in [-0.15, -0.1) is 11.3 Å². The molecule has 4 nitrogen and oxygen atoms in total. The van der Waals surface area contributed by atoms with Crippen molar-refractivity contribution in [1.29, 1.82) is 0 Å². The Bertz CT molecular complexity index is 526. The SMILES string of the molecule is CN(Cc1cscn1)C(=O)Cc1cccc(O)c1. The Labute approximate surface area is 110 Å². The molecule has 1 aromatic heterocycles. The Morgan fingerprint density at radius 1 is 1.50 bits per heavy atom. The second-order valence-electron chi connectivity index (χ2n) is 4.08. The number of thiazole rings is 1. The number of rotatable bonds is 4. The van der Waals surface area contributed by atoms with E-state index in [2.05, 4.69) is 4.98 Å². The molecule has 1 aromatic carbocycles. The molecular formula is C13H14N2O2S. The lowest BCUT2D eigenvalue weighted by atomic mass is 10.1. The van der Waals surface area contributed by atoms with Crippen LogP contribution in [0.3, 0.4) is 0 Å². The highest BCUT2D eigenvalue weighted by Gasteiger charge is 2.11. The first-order chi connectivity index (χ1) is 8.65. The van der Waals surface area contributed by atoms with E-state index < -0.39 is 0 Å². The van der Waals surface area contributed by atoms with Crippen LogP contribution in [0.1, 0.15) is 11.3 Å². The van der Waals surface area contributed by atoms with E-state index in [0.717, 1.165) is 11.3 Å². The second-order valence-corrected chi connectivity index (χ2v) is 4.79. The summed E-state index contributed by atoms with van der Waals surface area (Å²) in [6.45, 7) is 0.515. The number of benzene rings is 1. The molecule has 1 amide bonds. The van der Waals surface area contributed by atoms with Crippen LogP contribution >= 0.6 is 11.3 Å². The number of amides is 1. The fraction of sp³-hybridized carbons (Fsp3) is 0.231. The Morgan fingerprint density at radius 3 is 3.00 bits per heavy atom. The Hall–Kier alpha value is -1.88. The molecular weight excluding hydrogens is 248 g/mol. The average molecular weight is 262 g/mol. The summed E-state index contributed by atoms with van der Waals surface area (Å²) in [4.78, 5) is 17.8. The molecule has 0 aliphatic heterocycles. The Kier molecular flexibility index (Phi) is 3.94. The number of hydrogen-bond donors (Lipinski definition) is 1. The molecule has 0 unspecified atom stereocenters. The van der Waals surface area contributed by atoms with Gasteiger partial charge < -0.3 is 10.0 Å². The molecule has 0 fully saturated rings. The number of phenolic OH excluding ortho intramolecular Hbond substituents is 1. The van der Waals surface area contributed by atoms with Crippen LogP contribution in [0.25, 0.3) is 0 Å². The van der Waals surface area contributed by atoms with Crippen LogP contribution < -0.4 is 0 Å². The van der Waals surface area contributed by atoms with Crippen molar-refractivity contribution in [2.75, 3.05) is 7.05 Å². The predicted octanol–water partition coefficient (Wildman–Crippen LogP) is 2.05. The van der Waals surface area contributed by atoms with Crippen molar-refractivity contribution in [2.45, 2.75) is 13.0 Å². The molecule has 94 valence electrons. The van der Waals surface area contributed by atoms with Gasteiger partial charge in [0, 0.05) is 12.4 Å². The molecule has 0 spiro atoms. The van der Waals surface area contributed by atoms with E-state index in [4.69, 9.17) is 0 Å². The first-order valence-corrected chi connectivity index (χ1v) is 6.48. The Balaban J connectivity index is 1.95. The number of likely N-dealkylation sites (N-methyl/N-ethyl adjacent to an activating group) is 1. The van der Waals surface area contributed by atoms with E-state index in [-0.39, 0.29) is 18.1 Å². The number of carbonyl (C=O) groups is 1. The van der Waals surface area contributed by atoms with Gasteiger partial charge in [-0.25, -0.2) is 4.98 Å². The van der Waals surface area contributed by atoms with Crippen LogP contribution in [0.2, 0.25) is 0 Å². The number of hydrogen-bond acceptors (Lipinski definition) is 4. The van der Waals surface area contributed by atoms with Crippen molar-refractivity contribution in [3.8, 4) is 5.75 Å². The Morgan fingerprint density at radius 2 is 2.33 bits per heavy atom. The van der Waals surface area contributed by atoms with Crippen LogP contribution in [0, 0.1) is 0 Å². The molecule has 5 heteroatoms. The van der Waals surface area contributed by atoms with E-state index in [1.807, 2.05) is 11.4 Å². The molecule has 0 aliphatic carbocycles. The quantitative estimate of drug-likeness (QED) is 0.917. The fourth-order valence-electron chi connectivity index (χ4n) is 1.62. The van der Waals surface area contributed by atoms with Gasteiger partial charge in [0.2, 0.25) is 5.91 Å². The van der Waals surface area contributed by atoms with E-state index in [1.54, 1.807) is 35.7 Å². The van der Waals surface area contributed by atoms with Crippen LogP contribution in [-0.4, -0.2) is 27.9 Å². The van der Waals surface area contributed by atoms with Crippen LogP contribution in [-0.2, 0) is 17.8 Å². The molecule has 0 radical (unpaired) electrons. The molecule has 0 aliphatic rings. The minimum atomic E-state index is 0.00796. The van der Waals surface area contributed by atoms with Crippen molar-refractivity contribution in [1.82, 2.24) is 9.88 Å². The van der Waals surface area contributed by atoms with E-state index >= 15 is 0 Å². The number of carbonyl (C=O) groups excluding carboxylic acids is 1. The summed E-state index contributed by atoms with van der Waals surface area (Å²) < 4.78 is 0. The molecule has 0 saturated heterocycles. The minimum Gasteiger partial charge on any atom is -0.508 e. The first kappa shape index (κ1) is 12.6. The molecule has 2 rings (SSSR count). The van der Waals surface area contributed by atoms with Crippen molar-refractivity contribution in [2.24, 2.45) is 0 Å². The molecule has 0 atom stereocenters. The normalized spacial score (nSPS) is 10.3. The topological polar surface area (TPSA) is 53.4 Å². The summed E-state index contributed by atoms with van der Waals surface area (Å²) in [5.74, 6) is 0.191. The van der Waals surface area contributed by atoms with Gasteiger partial charge in [-0.1, -0.05) is 12.1 Å². The smallest absolute Gasteiger partial charge is 0.227 e. The summed E-state index contributed by atoms with van der Waals surface area (Å²) in [5.41, 5.74) is 3.46. The minimum absolute atomic E-state index is 0.00796. The summed E-state index contributed by atoms with van der Waals surface area (Å²) in [6.07, 6.45) is 0.287. The number of nitrogens with zero attached hydrogens (tertiary/aromatic N) is 2. The summed E-state index contributed by atoms with van der Waals surface area (Å²) in [5, 5.41) is 11.3.